The average Bonchev–Trinajstić information content (AvgIpc) is 3.00. The highest BCUT2D eigenvalue weighted by Crippen LogP contribution is 2.31. The van der Waals surface area contributed by atoms with Crippen LogP contribution in [0.1, 0.15) is 30.9 Å². The van der Waals surface area contributed by atoms with E-state index in [0.717, 1.165) is 49.1 Å². The zero-order valence-electron chi connectivity index (χ0n) is 23.2. The predicted molar refractivity (Wildman–Crippen MR) is 163 cm³/mol. The van der Waals surface area contributed by atoms with Crippen molar-refractivity contribution in [2.24, 2.45) is 5.16 Å². The molecule has 10 heteroatoms. The number of anilines is 2. The number of nitrogens with zero attached hydrogens (tertiary/aromatic N) is 3. The number of rotatable bonds is 11. The van der Waals surface area contributed by atoms with Gasteiger partial charge in [0.15, 0.2) is 5.71 Å². The summed E-state index contributed by atoms with van der Waals surface area (Å²) in [4.78, 5) is 14.5. The molecule has 4 aromatic rings. The first-order valence-corrected chi connectivity index (χ1v) is 14.1. The third kappa shape index (κ3) is 7.95. The summed E-state index contributed by atoms with van der Waals surface area (Å²) in [5, 5.41) is 12.3. The Labute approximate surface area is 249 Å². The molecule has 1 aromatic heterocycles. The quantitative estimate of drug-likeness (QED) is 0.0927. The number of benzene rings is 3. The van der Waals surface area contributed by atoms with Crippen molar-refractivity contribution in [3.8, 4) is 17.6 Å². The molecular weight excluding hydrogens is 557 g/mol. The van der Waals surface area contributed by atoms with E-state index >= 15 is 0 Å². The Morgan fingerprint density at radius 1 is 1.19 bits per heavy atom. The summed E-state index contributed by atoms with van der Waals surface area (Å²) in [6.07, 6.45) is 3.31. The minimum atomic E-state index is -0.312. The van der Waals surface area contributed by atoms with Crippen LogP contribution in [0.2, 0.25) is 5.02 Å². The van der Waals surface area contributed by atoms with Crippen molar-refractivity contribution >= 4 is 39.7 Å². The van der Waals surface area contributed by atoms with Crippen LogP contribution in [0, 0.1) is 17.7 Å². The molecule has 1 aliphatic rings. The highest BCUT2D eigenvalue weighted by Gasteiger charge is 2.13. The van der Waals surface area contributed by atoms with Crippen LogP contribution >= 0.6 is 11.6 Å². The van der Waals surface area contributed by atoms with Crippen molar-refractivity contribution in [1.29, 1.82) is 0 Å². The van der Waals surface area contributed by atoms with E-state index in [1.807, 2.05) is 24.3 Å². The highest BCUT2D eigenvalue weighted by atomic mass is 35.5. The molecule has 5 rings (SSSR count). The topological polar surface area (TPSA) is 89.9 Å². The number of fused-ring (bicyclic) bond motifs is 1. The molecule has 0 aliphatic carbocycles. The minimum Gasteiger partial charge on any atom is -0.487 e. The van der Waals surface area contributed by atoms with Crippen LogP contribution in [-0.2, 0) is 16.2 Å². The molecule has 1 atom stereocenters. The number of oxime groups is 1. The van der Waals surface area contributed by atoms with E-state index < -0.39 is 0 Å². The second kappa shape index (κ2) is 14.6. The second-order valence-corrected chi connectivity index (χ2v) is 10.1. The molecule has 2 N–H and O–H groups in total. The van der Waals surface area contributed by atoms with Crippen LogP contribution in [0.4, 0.5) is 15.9 Å². The second-order valence-electron chi connectivity index (χ2n) is 9.66. The smallest absolute Gasteiger partial charge is 0.159 e. The first-order chi connectivity index (χ1) is 20.6. The molecule has 0 amide bonds. The molecule has 8 nitrogen and oxygen atoms in total. The standard InChI is InChI=1S/C32H31ClFN5O3/c1-2-5-29(39-42-14-4-8-26-20-40-15-13-35-26)23-9-11-30-27(17-23)32(37-21-36-30)38-25-10-12-31(28(33)18-25)41-19-22-6-3-7-24(34)16-22/h3,6-7,9-12,16-18,21,26,35H,4,8,13-15,19-20H2,1H3,(H,36,37,38)/b39-29+/t26-/m1/s1. The van der Waals surface area contributed by atoms with Crippen LogP contribution in [0.15, 0.2) is 72.1 Å². The number of aromatic nitrogens is 2. The van der Waals surface area contributed by atoms with Crippen molar-refractivity contribution < 1.29 is 18.7 Å². The fourth-order valence-corrected chi connectivity index (χ4v) is 4.73. The van der Waals surface area contributed by atoms with Gasteiger partial charge in [-0.05, 0) is 79.8 Å². The largest absolute Gasteiger partial charge is 0.487 e. The van der Waals surface area contributed by atoms with Crippen LogP contribution < -0.4 is 15.4 Å². The Bertz CT molecular complexity index is 1620. The van der Waals surface area contributed by atoms with Crippen LogP contribution in [0.25, 0.3) is 10.9 Å². The number of hydrogen-bond donors (Lipinski definition) is 2. The van der Waals surface area contributed by atoms with Gasteiger partial charge in [-0.2, -0.15) is 0 Å². The van der Waals surface area contributed by atoms with E-state index in [-0.39, 0.29) is 12.4 Å². The number of nitrogens with one attached hydrogen (secondary N) is 2. The van der Waals surface area contributed by atoms with Gasteiger partial charge in [0.05, 0.1) is 23.8 Å². The van der Waals surface area contributed by atoms with Gasteiger partial charge in [-0.25, -0.2) is 14.4 Å². The molecule has 0 spiro atoms. The summed E-state index contributed by atoms with van der Waals surface area (Å²) < 4.78 is 24.8. The van der Waals surface area contributed by atoms with Gasteiger partial charge in [0.2, 0.25) is 0 Å². The zero-order valence-corrected chi connectivity index (χ0v) is 24.0. The molecule has 2 heterocycles. The van der Waals surface area contributed by atoms with Gasteiger partial charge in [0.1, 0.15) is 36.9 Å². The highest BCUT2D eigenvalue weighted by molar-refractivity contribution is 6.32. The molecule has 0 bridgehead atoms. The van der Waals surface area contributed by atoms with Crippen molar-refractivity contribution in [2.45, 2.75) is 32.4 Å². The summed E-state index contributed by atoms with van der Waals surface area (Å²) in [5.41, 5.74) is 3.49. The van der Waals surface area contributed by atoms with E-state index in [4.69, 9.17) is 25.9 Å². The number of halogens is 2. The Kier molecular flexibility index (Phi) is 10.2. The lowest BCUT2D eigenvalue weighted by Crippen LogP contribution is -2.41. The lowest BCUT2D eigenvalue weighted by molar-refractivity contribution is 0.0679. The zero-order chi connectivity index (χ0) is 29.1. The van der Waals surface area contributed by atoms with Crippen LogP contribution in [0.5, 0.6) is 5.75 Å². The lowest BCUT2D eigenvalue weighted by atomic mass is 10.1. The molecule has 1 saturated heterocycles. The predicted octanol–water partition coefficient (Wildman–Crippen LogP) is 6.26. The Hall–Kier alpha value is -4.23. The molecule has 1 fully saturated rings. The third-order valence-electron chi connectivity index (χ3n) is 6.57. The number of morpholine rings is 1. The van der Waals surface area contributed by atoms with Crippen molar-refractivity contribution in [2.75, 3.05) is 31.7 Å². The first kappa shape index (κ1) is 29.3. The van der Waals surface area contributed by atoms with Crippen molar-refractivity contribution in [3.05, 3.63) is 89.0 Å². The SMILES string of the molecule is CC#C/C(=N\OCCC[C@@H]1COCCN1)c1ccc2ncnc(Nc3ccc(OCc4cccc(F)c4)c(Cl)c3)c2c1. The summed E-state index contributed by atoms with van der Waals surface area (Å²) in [6.45, 7) is 4.82. The maximum Gasteiger partial charge on any atom is 0.159 e. The summed E-state index contributed by atoms with van der Waals surface area (Å²) in [6, 6.07) is 17.7. The Morgan fingerprint density at radius 2 is 2.12 bits per heavy atom. The minimum absolute atomic E-state index is 0.199. The van der Waals surface area contributed by atoms with E-state index in [0.29, 0.717) is 46.2 Å². The van der Waals surface area contributed by atoms with Crippen LogP contribution in [0.3, 0.4) is 0 Å². The van der Waals surface area contributed by atoms with Gasteiger partial charge in [0.25, 0.3) is 0 Å². The lowest BCUT2D eigenvalue weighted by Gasteiger charge is -2.23. The van der Waals surface area contributed by atoms with Crippen molar-refractivity contribution in [1.82, 2.24) is 15.3 Å². The Morgan fingerprint density at radius 3 is 2.93 bits per heavy atom. The van der Waals surface area contributed by atoms with Gasteiger partial charge in [-0.1, -0.05) is 34.8 Å². The van der Waals surface area contributed by atoms with E-state index in [1.165, 1.54) is 18.5 Å². The first-order valence-electron chi connectivity index (χ1n) is 13.7. The molecule has 0 saturated carbocycles. The molecule has 216 valence electrons. The fraction of sp³-hybridized carbons (Fsp3) is 0.281. The molecular formula is C32H31ClFN5O3. The number of hydrogen-bond acceptors (Lipinski definition) is 8. The summed E-state index contributed by atoms with van der Waals surface area (Å²) in [5.74, 6) is 6.73. The monoisotopic (exact) mass is 587 g/mol. The molecule has 42 heavy (non-hydrogen) atoms. The van der Waals surface area contributed by atoms with Gasteiger partial charge < -0.3 is 24.9 Å². The van der Waals surface area contributed by atoms with Crippen molar-refractivity contribution in [3.63, 3.8) is 0 Å². The summed E-state index contributed by atoms with van der Waals surface area (Å²) >= 11 is 6.50. The molecule has 0 unspecified atom stereocenters. The van der Waals surface area contributed by atoms with Crippen LogP contribution in [-0.4, -0.2) is 48.1 Å². The summed E-state index contributed by atoms with van der Waals surface area (Å²) in [7, 11) is 0. The van der Waals surface area contributed by atoms with Gasteiger partial charge in [-0.15, -0.1) is 0 Å². The Balaban J connectivity index is 1.27. The van der Waals surface area contributed by atoms with Gasteiger partial charge in [0, 0.05) is 29.2 Å². The van der Waals surface area contributed by atoms with E-state index in [9.17, 15) is 4.39 Å². The average molecular weight is 588 g/mol. The normalized spacial score (nSPS) is 15.1. The maximum atomic E-state index is 13.5. The number of ether oxygens (including phenoxy) is 2. The van der Waals surface area contributed by atoms with Gasteiger partial charge in [-0.3, -0.25) is 0 Å². The molecule has 1 aliphatic heterocycles. The van der Waals surface area contributed by atoms with E-state index in [2.05, 4.69) is 37.6 Å². The third-order valence-corrected chi connectivity index (χ3v) is 6.87. The van der Waals surface area contributed by atoms with Gasteiger partial charge >= 0.3 is 0 Å². The fourth-order valence-electron chi connectivity index (χ4n) is 4.50. The molecule has 0 radical (unpaired) electrons. The van der Waals surface area contributed by atoms with E-state index in [1.54, 1.807) is 31.2 Å². The maximum absolute atomic E-state index is 13.5. The molecule has 3 aromatic carbocycles.